The van der Waals surface area contributed by atoms with Crippen molar-refractivity contribution >= 4 is 11.6 Å². The highest BCUT2D eigenvalue weighted by Gasteiger charge is 2.35. The van der Waals surface area contributed by atoms with Gasteiger partial charge >= 0.3 is 0 Å². The van der Waals surface area contributed by atoms with Crippen molar-refractivity contribution in [1.82, 2.24) is 0 Å². The van der Waals surface area contributed by atoms with Crippen LogP contribution in [-0.4, -0.2) is 48.6 Å². The minimum atomic E-state index is -0.214. The van der Waals surface area contributed by atoms with Crippen LogP contribution in [0.1, 0.15) is 24.4 Å². The molecule has 1 atom stereocenters. The lowest BCUT2D eigenvalue weighted by atomic mass is 10.0. The van der Waals surface area contributed by atoms with E-state index in [2.05, 4.69) is 0 Å². The van der Waals surface area contributed by atoms with Gasteiger partial charge in [-0.05, 0) is 24.1 Å². The van der Waals surface area contributed by atoms with Crippen LogP contribution in [0.25, 0.3) is 0 Å². The zero-order valence-electron chi connectivity index (χ0n) is 18.1. The highest BCUT2D eigenvalue weighted by atomic mass is 16.5. The third kappa shape index (κ3) is 3.65. The molecule has 0 bridgehead atoms. The standard InChI is InChI=1S/C22H27NO7/c1-25-16-9-13(10-17(26-2)21(16)29-5)15-7-8-20(24)23(15)14-11-18(27-3)22(30-6)19(12-14)28-4/h9-12,15H,7-8H2,1-6H3. The Morgan fingerprint density at radius 2 is 1.13 bits per heavy atom. The van der Waals surface area contributed by atoms with Crippen LogP contribution in [0.5, 0.6) is 34.5 Å². The predicted molar refractivity (Wildman–Crippen MR) is 112 cm³/mol. The van der Waals surface area contributed by atoms with Gasteiger partial charge in [0.25, 0.3) is 0 Å². The SMILES string of the molecule is COc1cc(C2CCC(=O)N2c2cc(OC)c(OC)c(OC)c2)cc(OC)c1OC. The summed E-state index contributed by atoms with van der Waals surface area (Å²) in [6.45, 7) is 0. The number of hydrogen-bond acceptors (Lipinski definition) is 7. The topological polar surface area (TPSA) is 75.7 Å². The third-order valence-electron chi connectivity index (χ3n) is 5.21. The summed E-state index contributed by atoms with van der Waals surface area (Å²) in [6.07, 6.45) is 1.06. The van der Waals surface area contributed by atoms with Crippen molar-refractivity contribution in [3.05, 3.63) is 29.8 Å². The first-order valence-corrected chi connectivity index (χ1v) is 9.44. The number of methoxy groups -OCH3 is 6. The maximum Gasteiger partial charge on any atom is 0.227 e. The van der Waals surface area contributed by atoms with Gasteiger partial charge in [0.05, 0.1) is 54.4 Å². The van der Waals surface area contributed by atoms with Gasteiger partial charge in [0, 0.05) is 18.6 Å². The van der Waals surface area contributed by atoms with E-state index in [9.17, 15) is 4.79 Å². The minimum Gasteiger partial charge on any atom is -0.493 e. The number of benzene rings is 2. The molecule has 2 aromatic rings. The zero-order chi connectivity index (χ0) is 21.8. The monoisotopic (exact) mass is 417 g/mol. The second-order valence-corrected chi connectivity index (χ2v) is 6.66. The Kier molecular flexibility index (Phi) is 6.44. The van der Waals surface area contributed by atoms with Gasteiger partial charge in [-0.1, -0.05) is 0 Å². The highest BCUT2D eigenvalue weighted by molar-refractivity contribution is 5.97. The predicted octanol–water partition coefficient (Wildman–Crippen LogP) is 3.61. The lowest BCUT2D eigenvalue weighted by Crippen LogP contribution is -2.27. The van der Waals surface area contributed by atoms with Gasteiger partial charge in [-0.15, -0.1) is 0 Å². The molecular formula is C22H27NO7. The van der Waals surface area contributed by atoms with Crippen molar-refractivity contribution in [1.29, 1.82) is 0 Å². The average molecular weight is 417 g/mol. The van der Waals surface area contributed by atoms with E-state index in [1.54, 1.807) is 59.7 Å². The van der Waals surface area contributed by atoms with E-state index in [0.29, 0.717) is 53.0 Å². The van der Waals surface area contributed by atoms with Crippen LogP contribution in [0.3, 0.4) is 0 Å². The van der Waals surface area contributed by atoms with Crippen molar-refractivity contribution in [3.8, 4) is 34.5 Å². The van der Waals surface area contributed by atoms with Gasteiger partial charge in [0.15, 0.2) is 23.0 Å². The molecule has 1 aliphatic rings. The Hall–Kier alpha value is -3.29. The number of amides is 1. The maximum absolute atomic E-state index is 12.9. The van der Waals surface area contributed by atoms with Crippen molar-refractivity contribution < 1.29 is 33.2 Å². The van der Waals surface area contributed by atoms with Crippen molar-refractivity contribution in [2.45, 2.75) is 18.9 Å². The van der Waals surface area contributed by atoms with Crippen molar-refractivity contribution in [2.24, 2.45) is 0 Å². The van der Waals surface area contributed by atoms with Gasteiger partial charge < -0.3 is 33.3 Å². The number of nitrogens with zero attached hydrogens (tertiary/aromatic N) is 1. The van der Waals surface area contributed by atoms with E-state index in [1.165, 1.54) is 0 Å². The van der Waals surface area contributed by atoms with Crippen LogP contribution in [0.2, 0.25) is 0 Å². The molecule has 1 aliphatic heterocycles. The number of carbonyl (C=O) groups excluding carboxylic acids is 1. The normalized spacial score (nSPS) is 15.7. The fourth-order valence-electron chi connectivity index (χ4n) is 3.82. The number of hydrogen-bond donors (Lipinski definition) is 0. The molecule has 0 spiro atoms. The number of anilines is 1. The molecule has 1 fully saturated rings. The van der Waals surface area contributed by atoms with Gasteiger partial charge in [-0.3, -0.25) is 4.79 Å². The summed E-state index contributed by atoms with van der Waals surface area (Å²) in [4.78, 5) is 14.6. The highest BCUT2D eigenvalue weighted by Crippen LogP contribution is 2.47. The summed E-state index contributed by atoms with van der Waals surface area (Å²) in [6, 6.07) is 7.07. The first kappa shape index (κ1) is 21.4. The number of carbonyl (C=O) groups is 1. The van der Waals surface area contributed by atoms with Crippen LogP contribution in [0.4, 0.5) is 5.69 Å². The molecule has 1 unspecified atom stereocenters. The molecule has 0 aromatic heterocycles. The largest absolute Gasteiger partial charge is 0.493 e. The fourth-order valence-corrected chi connectivity index (χ4v) is 3.82. The Bertz CT molecular complexity index is 878. The molecule has 1 amide bonds. The molecular weight excluding hydrogens is 390 g/mol. The molecule has 1 saturated heterocycles. The zero-order valence-corrected chi connectivity index (χ0v) is 18.1. The molecule has 30 heavy (non-hydrogen) atoms. The molecule has 8 heteroatoms. The molecule has 0 aliphatic carbocycles. The average Bonchev–Trinajstić information content (AvgIpc) is 3.17. The Balaban J connectivity index is 2.12. The second kappa shape index (κ2) is 9.02. The third-order valence-corrected chi connectivity index (χ3v) is 5.21. The molecule has 0 radical (unpaired) electrons. The lowest BCUT2D eigenvalue weighted by Gasteiger charge is -2.27. The van der Waals surface area contributed by atoms with Gasteiger partial charge in [0.1, 0.15) is 0 Å². The first-order chi connectivity index (χ1) is 14.5. The minimum absolute atomic E-state index is 0.00280. The van der Waals surface area contributed by atoms with E-state index < -0.39 is 0 Å². The van der Waals surface area contributed by atoms with E-state index in [1.807, 2.05) is 12.1 Å². The maximum atomic E-state index is 12.9. The van der Waals surface area contributed by atoms with Crippen molar-refractivity contribution in [2.75, 3.05) is 47.6 Å². The van der Waals surface area contributed by atoms with E-state index in [-0.39, 0.29) is 11.9 Å². The van der Waals surface area contributed by atoms with Crippen molar-refractivity contribution in [3.63, 3.8) is 0 Å². The Labute approximate surface area is 176 Å². The summed E-state index contributed by atoms with van der Waals surface area (Å²) >= 11 is 0. The molecule has 162 valence electrons. The van der Waals surface area contributed by atoms with Gasteiger partial charge in [-0.25, -0.2) is 0 Å². The van der Waals surface area contributed by atoms with Gasteiger partial charge in [0.2, 0.25) is 17.4 Å². The summed E-state index contributed by atoms with van der Waals surface area (Å²) in [7, 11) is 9.32. The van der Waals surface area contributed by atoms with E-state index >= 15 is 0 Å². The smallest absolute Gasteiger partial charge is 0.227 e. The van der Waals surface area contributed by atoms with Crippen LogP contribution < -0.4 is 33.3 Å². The quantitative estimate of drug-likeness (QED) is 0.649. The van der Waals surface area contributed by atoms with E-state index in [4.69, 9.17) is 28.4 Å². The Morgan fingerprint density at radius 1 is 0.700 bits per heavy atom. The molecule has 1 heterocycles. The van der Waals surface area contributed by atoms with Crippen LogP contribution in [0, 0.1) is 0 Å². The summed E-state index contributed by atoms with van der Waals surface area (Å²) < 4.78 is 32.7. The number of rotatable bonds is 8. The molecule has 3 rings (SSSR count). The molecule has 0 saturated carbocycles. The Morgan fingerprint density at radius 3 is 1.53 bits per heavy atom. The second-order valence-electron chi connectivity index (χ2n) is 6.66. The lowest BCUT2D eigenvalue weighted by molar-refractivity contribution is -0.117. The first-order valence-electron chi connectivity index (χ1n) is 9.44. The van der Waals surface area contributed by atoms with E-state index in [0.717, 1.165) is 5.56 Å². The number of ether oxygens (including phenoxy) is 6. The van der Waals surface area contributed by atoms with Gasteiger partial charge in [-0.2, -0.15) is 0 Å². The summed E-state index contributed by atoms with van der Waals surface area (Å²) in [5.41, 5.74) is 1.54. The summed E-state index contributed by atoms with van der Waals surface area (Å²) in [5, 5.41) is 0. The fraction of sp³-hybridized carbons (Fsp3) is 0.409. The summed E-state index contributed by atoms with van der Waals surface area (Å²) in [5.74, 6) is 3.02. The molecule has 8 nitrogen and oxygen atoms in total. The molecule has 2 aromatic carbocycles. The van der Waals surface area contributed by atoms with Crippen LogP contribution in [0.15, 0.2) is 24.3 Å². The van der Waals surface area contributed by atoms with Crippen LogP contribution >= 0.6 is 0 Å². The molecule has 0 N–H and O–H groups in total. The van der Waals surface area contributed by atoms with Crippen LogP contribution in [-0.2, 0) is 4.79 Å².